The van der Waals surface area contributed by atoms with E-state index < -0.39 is 6.61 Å². The van der Waals surface area contributed by atoms with E-state index in [-0.39, 0.29) is 23.3 Å². The molecule has 0 radical (unpaired) electrons. The third kappa shape index (κ3) is 3.39. The third-order valence-electron chi connectivity index (χ3n) is 3.44. The highest BCUT2D eigenvalue weighted by Gasteiger charge is 2.30. The molecule has 0 heterocycles. The number of nitrogens with zero attached hydrogens (tertiary/aromatic N) is 1. The fourth-order valence-corrected chi connectivity index (χ4v) is 2.42. The summed E-state index contributed by atoms with van der Waals surface area (Å²) in [6.07, 6.45) is 2.94. The highest BCUT2D eigenvalue weighted by molar-refractivity contribution is 6.18. The highest BCUT2D eigenvalue weighted by atomic mass is 35.5. The van der Waals surface area contributed by atoms with E-state index in [4.69, 9.17) is 11.6 Å². The van der Waals surface area contributed by atoms with Gasteiger partial charge in [-0.3, -0.25) is 4.79 Å². The van der Waals surface area contributed by atoms with Crippen LogP contribution in [0.1, 0.15) is 29.6 Å². The molecule has 0 unspecified atom stereocenters. The van der Waals surface area contributed by atoms with Crippen molar-refractivity contribution in [1.82, 2.24) is 4.90 Å². The summed E-state index contributed by atoms with van der Waals surface area (Å²) in [5.41, 5.74) is 0.157. The quantitative estimate of drug-likeness (QED) is 0.753. The topological polar surface area (TPSA) is 29.5 Å². The van der Waals surface area contributed by atoms with Crippen molar-refractivity contribution < 1.29 is 18.3 Å². The van der Waals surface area contributed by atoms with E-state index >= 15 is 0 Å². The molecule has 1 aliphatic rings. The Morgan fingerprint density at radius 2 is 2.10 bits per heavy atom. The molecule has 1 fully saturated rings. The molecule has 1 amide bonds. The van der Waals surface area contributed by atoms with Gasteiger partial charge in [-0.05, 0) is 31.4 Å². The Labute approximate surface area is 121 Å². The molecular weight excluding hydrogens is 288 g/mol. The molecule has 0 bridgehead atoms. The second-order valence-electron chi connectivity index (χ2n) is 4.65. The maximum atomic E-state index is 12.5. The standard InChI is InChI=1S/C14H16ClF2NO2/c15-8-9-18(10-4-3-5-10)13(19)11-6-1-2-7-12(11)20-14(16)17/h1-2,6-7,10,14H,3-5,8-9H2. The molecule has 1 saturated carbocycles. The first-order valence-electron chi connectivity index (χ1n) is 6.54. The van der Waals surface area contributed by atoms with Crippen LogP contribution in [-0.2, 0) is 0 Å². The Balaban J connectivity index is 2.21. The molecular formula is C14H16ClF2NO2. The van der Waals surface area contributed by atoms with Crippen molar-refractivity contribution in [2.45, 2.75) is 31.9 Å². The van der Waals surface area contributed by atoms with E-state index in [0.717, 1.165) is 19.3 Å². The smallest absolute Gasteiger partial charge is 0.387 e. The first-order chi connectivity index (χ1) is 9.63. The number of para-hydroxylation sites is 1. The van der Waals surface area contributed by atoms with Gasteiger partial charge in [-0.2, -0.15) is 8.78 Å². The molecule has 0 N–H and O–H groups in total. The van der Waals surface area contributed by atoms with E-state index in [1.165, 1.54) is 12.1 Å². The predicted molar refractivity (Wildman–Crippen MR) is 72.5 cm³/mol. The zero-order valence-corrected chi connectivity index (χ0v) is 11.7. The monoisotopic (exact) mass is 303 g/mol. The predicted octanol–water partition coefficient (Wildman–Crippen LogP) is 3.52. The number of hydrogen-bond donors (Lipinski definition) is 0. The molecule has 0 aromatic heterocycles. The van der Waals surface area contributed by atoms with Crippen LogP contribution in [0.3, 0.4) is 0 Å². The van der Waals surface area contributed by atoms with E-state index in [9.17, 15) is 13.6 Å². The Morgan fingerprint density at radius 1 is 1.40 bits per heavy atom. The van der Waals surface area contributed by atoms with Crippen molar-refractivity contribution in [3.05, 3.63) is 29.8 Å². The zero-order chi connectivity index (χ0) is 14.5. The summed E-state index contributed by atoms with van der Waals surface area (Å²) in [6, 6.07) is 6.22. The van der Waals surface area contributed by atoms with Crippen LogP contribution >= 0.6 is 11.6 Å². The molecule has 3 nitrogen and oxygen atoms in total. The average molecular weight is 304 g/mol. The van der Waals surface area contributed by atoms with Gasteiger partial charge in [0.05, 0.1) is 5.56 Å². The largest absolute Gasteiger partial charge is 0.434 e. The maximum absolute atomic E-state index is 12.5. The van der Waals surface area contributed by atoms with E-state index in [2.05, 4.69) is 4.74 Å². The van der Waals surface area contributed by atoms with Crippen molar-refractivity contribution in [2.75, 3.05) is 12.4 Å². The summed E-state index contributed by atoms with van der Waals surface area (Å²) in [4.78, 5) is 14.2. The number of hydrogen-bond acceptors (Lipinski definition) is 2. The molecule has 0 aliphatic heterocycles. The van der Waals surface area contributed by atoms with Gasteiger partial charge in [-0.25, -0.2) is 0 Å². The molecule has 2 rings (SSSR count). The van der Waals surface area contributed by atoms with Crippen molar-refractivity contribution >= 4 is 17.5 Å². The Hall–Kier alpha value is -1.36. The van der Waals surface area contributed by atoms with Crippen LogP contribution in [-0.4, -0.2) is 35.9 Å². The van der Waals surface area contributed by atoms with E-state index in [1.54, 1.807) is 17.0 Å². The second kappa shape index (κ2) is 6.88. The lowest BCUT2D eigenvalue weighted by atomic mass is 9.91. The Kier molecular flexibility index (Phi) is 5.17. The summed E-state index contributed by atoms with van der Waals surface area (Å²) in [6.45, 7) is -2.54. The van der Waals surface area contributed by atoms with Crippen LogP contribution in [0.2, 0.25) is 0 Å². The van der Waals surface area contributed by atoms with Crippen LogP contribution < -0.4 is 4.74 Å². The first-order valence-corrected chi connectivity index (χ1v) is 7.07. The molecule has 0 saturated heterocycles. The maximum Gasteiger partial charge on any atom is 0.387 e. The number of rotatable bonds is 6. The Morgan fingerprint density at radius 3 is 2.65 bits per heavy atom. The van der Waals surface area contributed by atoms with Crippen LogP contribution in [0, 0.1) is 0 Å². The summed E-state index contributed by atoms with van der Waals surface area (Å²) in [5.74, 6) is -0.0712. The Bertz CT molecular complexity index is 466. The normalized spacial score (nSPS) is 15.0. The number of ether oxygens (including phenoxy) is 1. The molecule has 6 heteroatoms. The number of carbonyl (C=O) groups excluding carboxylic acids is 1. The number of alkyl halides is 3. The fourth-order valence-electron chi connectivity index (χ4n) is 2.24. The highest BCUT2D eigenvalue weighted by Crippen LogP contribution is 2.29. The summed E-state index contributed by atoms with van der Waals surface area (Å²) >= 11 is 5.73. The van der Waals surface area contributed by atoms with Crippen LogP contribution in [0.5, 0.6) is 5.75 Å². The number of carbonyl (C=O) groups is 1. The van der Waals surface area contributed by atoms with Crippen LogP contribution in [0.15, 0.2) is 24.3 Å². The SMILES string of the molecule is O=C(c1ccccc1OC(F)F)N(CCCl)C1CCC1. The van der Waals surface area contributed by atoms with Gasteiger partial charge >= 0.3 is 6.61 Å². The minimum atomic E-state index is -2.95. The van der Waals surface area contributed by atoms with Crippen LogP contribution in [0.4, 0.5) is 8.78 Å². The average Bonchev–Trinajstić information content (AvgIpc) is 2.35. The number of halogens is 3. The lowest BCUT2D eigenvalue weighted by Gasteiger charge is -2.37. The van der Waals surface area contributed by atoms with E-state index in [1.807, 2.05) is 0 Å². The van der Waals surface area contributed by atoms with Gasteiger partial charge in [0.2, 0.25) is 0 Å². The lowest BCUT2D eigenvalue weighted by Crippen LogP contribution is -2.45. The van der Waals surface area contributed by atoms with Crippen LogP contribution in [0.25, 0.3) is 0 Å². The van der Waals surface area contributed by atoms with Crippen molar-refractivity contribution in [3.8, 4) is 5.75 Å². The van der Waals surface area contributed by atoms with Crippen molar-refractivity contribution in [1.29, 1.82) is 0 Å². The minimum Gasteiger partial charge on any atom is -0.434 e. The molecule has 0 spiro atoms. The van der Waals surface area contributed by atoms with E-state index in [0.29, 0.717) is 12.4 Å². The molecule has 1 aliphatic carbocycles. The lowest BCUT2D eigenvalue weighted by molar-refractivity contribution is -0.0503. The zero-order valence-electron chi connectivity index (χ0n) is 10.9. The fraction of sp³-hybridized carbons (Fsp3) is 0.500. The van der Waals surface area contributed by atoms with Gasteiger partial charge in [0.15, 0.2) is 0 Å². The molecule has 20 heavy (non-hydrogen) atoms. The molecule has 1 aromatic rings. The summed E-state index contributed by atoms with van der Waals surface area (Å²) in [7, 11) is 0. The number of amides is 1. The summed E-state index contributed by atoms with van der Waals surface area (Å²) in [5, 5.41) is 0. The van der Waals surface area contributed by atoms with Gasteiger partial charge in [0.1, 0.15) is 5.75 Å². The van der Waals surface area contributed by atoms with Gasteiger partial charge in [-0.1, -0.05) is 12.1 Å². The molecule has 110 valence electrons. The minimum absolute atomic E-state index is 0.0913. The van der Waals surface area contributed by atoms with Gasteiger partial charge < -0.3 is 9.64 Å². The first kappa shape index (κ1) is 15.0. The van der Waals surface area contributed by atoms with Crippen molar-refractivity contribution in [3.63, 3.8) is 0 Å². The van der Waals surface area contributed by atoms with Gasteiger partial charge in [0.25, 0.3) is 5.91 Å². The molecule has 1 aromatic carbocycles. The number of benzene rings is 1. The van der Waals surface area contributed by atoms with Crippen molar-refractivity contribution in [2.24, 2.45) is 0 Å². The third-order valence-corrected chi connectivity index (χ3v) is 3.60. The van der Waals surface area contributed by atoms with Gasteiger partial charge in [-0.15, -0.1) is 11.6 Å². The summed E-state index contributed by atoms with van der Waals surface area (Å²) < 4.78 is 29.2. The van der Waals surface area contributed by atoms with Gasteiger partial charge in [0, 0.05) is 18.5 Å². The molecule has 0 atom stereocenters. The second-order valence-corrected chi connectivity index (χ2v) is 5.02.